The lowest BCUT2D eigenvalue weighted by Crippen LogP contribution is -2.41. The molecule has 1 fully saturated rings. The van der Waals surface area contributed by atoms with Gasteiger partial charge in [0.1, 0.15) is 6.04 Å². The van der Waals surface area contributed by atoms with Crippen molar-refractivity contribution in [2.45, 2.75) is 58.1 Å². The summed E-state index contributed by atoms with van der Waals surface area (Å²) in [4.78, 5) is 24.7. The summed E-state index contributed by atoms with van der Waals surface area (Å²) in [6.07, 6.45) is 4.61. The molecule has 1 aliphatic heterocycles. The Kier molecular flexibility index (Phi) is 6.89. The predicted molar refractivity (Wildman–Crippen MR) is 80.8 cm³/mol. The monoisotopic (exact) mass is 297 g/mol. The Labute approximate surface area is 126 Å². The van der Waals surface area contributed by atoms with E-state index in [-0.39, 0.29) is 24.8 Å². The van der Waals surface area contributed by atoms with Crippen LogP contribution in [-0.4, -0.2) is 45.7 Å². The zero-order valence-electron chi connectivity index (χ0n) is 13.0. The van der Waals surface area contributed by atoms with Gasteiger partial charge in [0, 0.05) is 19.4 Å². The fourth-order valence-electron chi connectivity index (χ4n) is 3.03. The normalized spacial score (nSPS) is 24.6. The molecule has 4 atom stereocenters. The Morgan fingerprint density at radius 1 is 1.38 bits per heavy atom. The van der Waals surface area contributed by atoms with Gasteiger partial charge in [0.2, 0.25) is 5.91 Å². The Bertz CT molecular complexity index is 382. The van der Waals surface area contributed by atoms with E-state index in [4.69, 9.17) is 5.11 Å². The summed E-state index contributed by atoms with van der Waals surface area (Å²) >= 11 is 0. The number of allylic oxidation sites excluding steroid dienone is 1. The molecule has 0 aromatic heterocycles. The lowest BCUT2D eigenvalue weighted by Gasteiger charge is -2.24. The second-order valence-corrected chi connectivity index (χ2v) is 6.31. The Balaban J connectivity index is 2.48. The number of hydrogen-bond donors (Lipinski definition) is 2. The van der Waals surface area contributed by atoms with E-state index in [1.165, 1.54) is 4.90 Å². The van der Waals surface area contributed by atoms with Gasteiger partial charge in [0.25, 0.3) is 0 Å². The van der Waals surface area contributed by atoms with Crippen molar-refractivity contribution in [3.8, 4) is 0 Å². The molecule has 0 bridgehead atoms. The van der Waals surface area contributed by atoms with Gasteiger partial charge in [-0.3, -0.25) is 4.79 Å². The van der Waals surface area contributed by atoms with Crippen LogP contribution in [0.4, 0.5) is 0 Å². The molecule has 1 rings (SSSR count). The van der Waals surface area contributed by atoms with Gasteiger partial charge in [-0.05, 0) is 31.1 Å². The lowest BCUT2D eigenvalue weighted by molar-refractivity contribution is -0.148. The molecule has 5 nitrogen and oxygen atoms in total. The quantitative estimate of drug-likeness (QED) is 0.672. The number of amides is 1. The SMILES string of the molecule is C=CCCC(C)C[C@@H](C)CC(=O)N1C[C@H](O)C[C@H]1C(=O)O. The van der Waals surface area contributed by atoms with Gasteiger partial charge >= 0.3 is 5.97 Å². The van der Waals surface area contributed by atoms with Crippen molar-refractivity contribution in [2.75, 3.05) is 6.54 Å². The number of β-amino-alcohol motifs (C(OH)–C–C–N with tert-alkyl or cyclic N) is 1. The van der Waals surface area contributed by atoms with Gasteiger partial charge in [-0.15, -0.1) is 6.58 Å². The highest BCUT2D eigenvalue weighted by molar-refractivity contribution is 5.84. The van der Waals surface area contributed by atoms with Crippen LogP contribution >= 0.6 is 0 Å². The van der Waals surface area contributed by atoms with Crippen LogP contribution < -0.4 is 0 Å². The highest BCUT2D eigenvalue weighted by Crippen LogP contribution is 2.24. The number of hydrogen-bond acceptors (Lipinski definition) is 3. The van der Waals surface area contributed by atoms with Gasteiger partial charge in [0.05, 0.1) is 6.10 Å². The third-order valence-electron chi connectivity index (χ3n) is 4.08. The van der Waals surface area contributed by atoms with Crippen molar-refractivity contribution in [3.05, 3.63) is 12.7 Å². The van der Waals surface area contributed by atoms with Gasteiger partial charge < -0.3 is 15.1 Å². The van der Waals surface area contributed by atoms with E-state index >= 15 is 0 Å². The number of nitrogens with zero attached hydrogens (tertiary/aromatic N) is 1. The number of carboxylic acids is 1. The molecule has 0 aromatic carbocycles. The van der Waals surface area contributed by atoms with Gasteiger partial charge in [-0.1, -0.05) is 19.9 Å². The molecular formula is C16H27NO4. The molecule has 5 heteroatoms. The number of carboxylic acid groups (broad SMARTS) is 1. The molecule has 1 unspecified atom stereocenters. The Morgan fingerprint density at radius 2 is 2.05 bits per heavy atom. The van der Waals surface area contributed by atoms with E-state index in [2.05, 4.69) is 13.5 Å². The average Bonchev–Trinajstić information content (AvgIpc) is 2.78. The zero-order chi connectivity index (χ0) is 16.0. The van der Waals surface area contributed by atoms with Crippen molar-refractivity contribution in [1.82, 2.24) is 4.90 Å². The first kappa shape index (κ1) is 17.7. The van der Waals surface area contributed by atoms with Crippen molar-refractivity contribution >= 4 is 11.9 Å². The highest BCUT2D eigenvalue weighted by Gasteiger charge is 2.38. The first-order chi connectivity index (χ1) is 9.85. The molecular weight excluding hydrogens is 270 g/mol. The molecule has 21 heavy (non-hydrogen) atoms. The summed E-state index contributed by atoms with van der Waals surface area (Å²) in [7, 11) is 0. The number of carbonyl (C=O) groups excluding carboxylic acids is 1. The minimum Gasteiger partial charge on any atom is -0.480 e. The Morgan fingerprint density at radius 3 is 2.62 bits per heavy atom. The van der Waals surface area contributed by atoms with E-state index in [9.17, 15) is 14.7 Å². The minimum absolute atomic E-state index is 0.130. The molecule has 120 valence electrons. The van der Waals surface area contributed by atoms with Crippen molar-refractivity contribution in [2.24, 2.45) is 11.8 Å². The van der Waals surface area contributed by atoms with Crippen LogP contribution in [0.2, 0.25) is 0 Å². The molecule has 1 aliphatic rings. The maximum atomic E-state index is 12.2. The van der Waals surface area contributed by atoms with E-state index in [1.54, 1.807) is 0 Å². The van der Waals surface area contributed by atoms with Crippen LogP contribution in [-0.2, 0) is 9.59 Å². The fraction of sp³-hybridized carbons (Fsp3) is 0.750. The van der Waals surface area contributed by atoms with Crippen LogP contribution in [0, 0.1) is 11.8 Å². The topological polar surface area (TPSA) is 77.8 Å². The summed E-state index contributed by atoms with van der Waals surface area (Å²) < 4.78 is 0. The maximum absolute atomic E-state index is 12.2. The third kappa shape index (κ3) is 5.50. The first-order valence-electron chi connectivity index (χ1n) is 7.66. The van der Waals surface area contributed by atoms with Crippen LogP contribution in [0.3, 0.4) is 0 Å². The van der Waals surface area contributed by atoms with Gasteiger partial charge in [-0.25, -0.2) is 4.79 Å². The van der Waals surface area contributed by atoms with Gasteiger partial charge in [-0.2, -0.15) is 0 Å². The van der Waals surface area contributed by atoms with Gasteiger partial charge in [0.15, 0.2) is 0 Å². The van der Waals surface area contributed by atoms with E-state index in [0.717, 1.165) is 19.3 Å². The smallest absolute Gasteiger partial charge is 0.326 e. The van der Waals surface area contributed by atoms with Crippen LogP contribution in [0.15, 0.2) is 12.7 Å². The molecule has 1 heterocycles. The standard InChI is InChI=1S/C16H27NO4/c1-4-5-6-11(2)7-12(3)8-15(19)17-10-13(18)9-14(17)16(20)21/h4,11-14,18H,1,5-10H2,2-3H3,(H,20,21)/t11?,12-,13-,14+/m1/s1. The third-order valence-corrected chi connectivity index (χ3v) is 4.08. The highest BCUT2D eigenvalue weighted by atomic mass is 16.4. The minimum atomic E-state index is -1.04. The van der Waals surface area contributed by atoms with Crippen molar-refractivity contribution < 1.29 is 19.8 Å². The molecule has 2 N–H and O–H groups in total. The summed E-state index contributed by atoms with van der Waals surface area (Å²) in [6.45, 7) is 8.01. The fourth-order valence-corrected chi connectivity index (χ4v) is 3.03. The number of rotatable bonds is 8. The lowest BCUT2D eigenvalue weighted by atomic mass is 9.91. The number of carbonyl (C=O) groups is 2. The molecule has 0 saturated carbocycles. The summed E-state index contributed by atoms with van der Waals surface area (Å²) in [6, 6.07) is -0.877. The molecule has 0 aliphatic carbocycles. The van der Waals surface area contributed by atoms with Crippen LogP contribution in [0.1, 0.15) is 46.0 Å². The molecule has 1 saturated heterocycles. The maximum Gasteiger partial charge on any atom is 0.326 e. The van der Waals surface area contributed by atoms with Crippen LogP contribution in [0.5, 0.6) is 0 Å². The predicted octanol–water partition coefficient (Wildman–Crippen LogP) is 2.05. The first-order valence-corrected chi connectivity index (χ1v) is 7.66. The van der Waals surface area contributed by atoms with Crippen molar-refractivity contribution in [3.63, 3.8) is 0 Å². The number of aliphatic carboxylic acids is 1. The second kappa shape index (κ2) is 8.17. The second-order valence-electron chi connectivity index (χ2n) is 6.31. The van der Waals surface area contributed by atoms with E-state index in [1.807, 2.05) is 13.0 Å². The van der Waals surface area contributed by atoms with Crippen LogP contribution in [0.25, 0.3) is 0 Å². The zero-order valence-corrected chi connectivity index (χ0v) is 13.0. The molecule has 0 radical (unpaired) electrons. The van der Waals surface area contributed by atoms with E-state index < -0.39 is 18.1 Å². The largest absolute Gasteiger partial charge is 0.480 e. The Hall–Kier alpha value is -1.36. The number of aliphatic hydroxyl groups excluding tert-OH is 1. The average molecular weight is 297 g/mol. The molecule has 1 amide bonds. The van der Waals surface area contributed by atoms with E-state index in [0.29, 0.717) is 12.3 Å². The summed E-state index contributed by atoms with van der Waals surface area (Å²) in [5, 5.41) is 18.7. The molecule has 0 spiro atoms. The number of aliphatic hydroxyl groups is 1. The summed E-state index contributed by atoms with van der Waals surface area (Å²) in [5.74, 6) is -0.469. The summed E-state index contributed by atoms with van der Waals surface area (Å²) in [5.41, 5.74) is 0. The number of likely N-dealkylation sites (tertiary alicyclic amines) is 1. The van der Waals surface area contributed by atoms with Crippen molar-refractivity contribution in [1.29, 1.82) is 0 Å². The molecule has 0 aromatic rings.